The summed E-state index contributed by atoms with van der Waals surface area (Å²) in [7, 11) is 0. The normalized spacial score (nSPS) is 11.2. The molecule has 206 valence electrons. The van der Waals surface area contributed by atoms with E-state index in [1.807, 2.05) is 98.8 Å². The van der Waals surface area contributed by atoms with E-state index in [4.69, 9.17) is 42.1 Å². The first-order chi connectivity index (χ1) is 19.6. The Hall–Kier alpha value is -4.00. The second-order valence-corrected chi connectivity index (χ2v) is 9.34. The standard InChI is InChI=1S/C32H30Cl2N2O4/c1-3-37-31-17-23(13-15-29(31)39-21-25-9-5-7-11-27(25)33)19-35-36-20-24-14-16-30(32(18-24)38-4-2)40-22-26-10-6-8-12-28(26)34/h5-20H,3-4,21-22H2,1-2H3/b35-19-,36-20-. The molecule has 0 aliphatic heterocycles. The molecule has 4 rings (SSSR count). The highest BCUT2D eigenvalue weighted by Gasteiger charge is 2.09. The number of benzene rings is 4. The molecule has 0 saturated heterocycles. The molecule has 8 heteroatoms. The van der Waals surface area contributed by atoms with E-state index in [2.05, 4.69) is 10.2 Å². The Labute approximate surface area is 244 Å². The summed E-state index contributed by atoms with van der Waals surface area (Å²) in [5, 5.41) is 9.72. The van der Waals surface area contributed by atoms with Gasteiger partial charge in [0.1, 0.15) is 13.2 Å². The van der Waals surface area contributed by atoms with Gasteiger partial charge in [-0.25, -0.2) is 0 Å². The lowest BCUT2D eigenvalue weighted by molar-refractivity contribution is 0.269. The number of hydrogen-bond acceptors (Lipinski definition) is 6. The summed E-state index contributed by atoms with van der Waals surface area (Å²) in [6.07, 6.45) is 3.31. The van der Waals surface area contributed by atoms with Gasteiger partial charge in [-0.2, -0.15) is 10.2 Å². The van der Waals surface area contributed by atoms with Crippen molar-refractivity contribution in [3.63, 3.8) is 0 Å². The van der Waals surface area contributed by atoms with Crippen molar-refractivity contribution >= 4 is 35.6 Å². The van der Waals surface area contributed by atoms with Crippen LogP contribution in [0, 0.1) is 0 Å². The van der Waals surface area contributed by atoms with Crippen LogP contribution in [0.3, 0.4) is 0 Å². The van der Waals surface area contributed by atoms with Crippen molar-refractivity contribution in [2.24, 2.45) is 10.2 Å². The smallest absolute Gasteiger partial charge is 0.161 e. The fraction of sp³-hybridized carbons (Fsp3) is 0.188. The molecule has 0 aliphatic carbocycles. The maximum Gasteiger partial charge on any atom is 0.161 e. The van der Waals surface area contributed by atoms with E-state index in [1.165, 1.54) is 0 Å². The summed E-state index contributed by atoms with van der Waals surface area (Å²) in [5.41, 5.74) is 3.45. The fourth-order valence-corrected chi connectivity index (χ4v) is 4.11. The number of ether oxygens (including phenoxy) is 4. The van der Waals surface area contributed by atoms with Crippen LogP contribution >= 0.6 is 23.2 Å². The van der Waals surface area contributed by atoms with Gasteiger partial charge < -0.3 is 18.9 Å². The number of halogens is 2. The SMILES string of the molecule is CCOc1cc(/C=N\N=C/c2ccc(OCc3ccccc3Cl)c(OCC)c2)ccc1OCc1ccccc1Cl. The Morgan fingerprint density at radius 1 is 0.550 bits per heavy atom. The molecule has 0 heterocycles. The summed E-state index contributed by atoms with van der Waals surface area (Å²) in [6, 6.07) is 26.4. The van der Waals surface area contributed by atoms with Gasteiger partial charge in [-0.15, -0.1) is 0 Å². The molecule has 6 nitrogen and oxygen atoms in total. The second-order valence-electron chi connectivity index (χ2n) is 8.53. The Balaban J connectivity index is 1.40. The van der Waals surface area contributed by atoms with Crippen LogP contribution in [0.25, 0.3) is 0 Å². The number of nitrogens with zero attached hydrogens (tertiary/aromatic N) is 2. The molecule has 4 aromatic carbocycles. The first-order valence-corrected chi connectivity index (χ1v) is 13.7. The monoisotopic (exact) mass is 576 g/mol. The van der Waals surface area contributed by atoms with E-state index in [0.717, 1.165) is 22.3 Å². The van der Waals surface area contributed by atoms with Crippen LogP contribution in [0.15, 0.2) is 95.1 Å². The predicted molar refractivity (Wildman–Crippen MR) is 162 cm³/mol. The van der Waals surface area contributed by atoms with Gasteiger partial charge in [0.15, 0.2) is 23.0 Å². The topological polar surface area (TPSA) is 61.6 Å². The van der Waals surface area contributed by atoms with Gasteiger partial charge >= 0.3 is 0 Å². The highest BCUT2D eigenvalue weighted by atomic mass is 35.5. The molecule has 0 atom stereocenters. The van der Waals surface area contributed by atoms with Crippen molar-refractivity contribution in [3.8, 4) is 23.0 Å². The van der Waals surface area contributed by atoms with Crippen LogP contribution in [-0.4, -0.2) is 25.6 Å². The van der Waals surface area contributed by atoms with Gasteiger partial charge in [0.05, 0.1) is 25.6 Å². The van der Waals surface area contributed by atoms with Gasteiger partial charge in [-0.05, 0) is 73.5 Å². The summed E-state index contributed by atoms with van der Waals surface area (Å²) in [4.78, 5) is 0. The quantitative estimate of drug-likeness (QED) is 0.118. The van der Waals surface area contributed by atoms with Crippen molar-refractivity contribution in [2.75, 3.05) is 13.2 Å². The molecule has 0 N–H and O–H groups in total. The summed E-state index contributed by atoms with van der Waals surface area (Å²) in [5.74, 6) is 2.50. The maximum atomic E-state index is 6.25. The van der Waals surface area contributed by atoms with Crippen LogP contribution in [0.5, 0.6) is 23.0 Å². The Morgan fingerprint density at radius 2 is 0.975 bits per heavy atom. The Bertz CT molecular complexity index is 1360. The molecule has 40 heavy (non-hydrogen) atoms. The third-order valence-corrected chi connectivity index (χ3v) is 6.43. The Morgan fingerprint density at radius 3 is 1.38 bits per heavy atom. The van der Waals surface area contributed by atoms with Crippen molar-refractivity contribution in [3.05, 3.63) is 117 Å². The third kappa shape index (κ3) is 8.25. The van der Waals surface area contributed by atoms with Crippen molar-refractivity contribution in [1.29, 1.82) is 0 Å². The van der Waals surface area contributed by atoms with Crippen molar-refractivity contribution < 1.29 is 18.9 Å². The van der Waals surface area contributed by atoms with Crippen LogP contribution in [0.2, 0.25) is 10.0 Å². The van der Waals surface area contributed by atoms with Crippen molar-refractivity contribution in [2.45, 2.75) is 27.1 Å². The lowest BCUT2D eigenvalue weighted by Crippen LogP contribution is -2.01. The Kier molecular flexibility index (Phi) is 10.8. The number of hydrogen-bond donors (Lipinski definition) is 0. The molecule has 0 bridgehead atoms. The van der Waals surface area contributed by atoms with E-state index in [-0.39, 0.29) is 0 Å². The molecule has 0 spiro atoms. The fourth-order valence-electron chi connectivity index (χ4n) is 3.73. The third-order valence-electron chi connectivity index (χ3n) is 5.70. The first kappa shape index (κ1) is 29.0. The molecule has 0 aliphatic rings. The van der Waals surface area contributed by atoms with Crippen LogP contribution in [-0.2, 0) is 13.2 Å². The van der Waals surface area contributed by atoms with E-state index in [9.17, 15) is 0 Å². The number of rotatable bonds is 13. The van der Waals surface area contributed by atoms with E-state index in [0.29, 0.717) is 59.5 Å². The molecule has 0 unspecified atom stereocenters. The van der Waals surface area contributed by atoms with E-state index in [1.54, 1.807) is 12.4 Å². The minimum atomic E-state index is 0.338. The summed E-state index contributed by atoms with van der Waals surface area (Å²) in [6.45, 7) is 5.53. The van der Waals surface area contributed by atoms with E-state index >= 15 is 0 Å². The maximum absolute atomic E-state index is 6.25. The predicted octanol–water partition coefficient (Wildman–Crippen LogP) is 8.40. The molecule has 0 amide bonds. The minimum Gasteiger partial charge on any atom is -0.490 e. The average Bonchev–Trinajstić information content (AvgIpc) is 2.96. The van der Waals surface area contributed by atoms with Crippen LogP contribution in [0.1, 0.15) is 36.1 Å². The molecular formula is C32H30Cl2N2O4. The first-order valence-electron chi connectivity index (χ1n) is 12.9. The van der Waals surface area contributed by atoms with Gasteiger partial charge in [-0.3, -0.25) is 0 Å². The van der Waals surface area contributed by atoms with Crippen LogP contribution < -0.4 is 18.9 Å². The molecule has 4 aromatic rings. The average molecular weight is 578 g/mol. The highest BCUT2D eigenvalue weighted by molar-refractivity contribution is 6.31. The summed E-state index contributed by atoms with van der Waals surface area (Å²) >= 11 is 12.5. The zero-order valence-corrected chi connectivity index (χ0v) is 23.9. The van der Waals surface area contributed by atoms with Gasteiger partial charge in [0.25, 0.3) is 0 Å². The summed E-state index contributed by atoms with van der Waals surface area (Å²) < 4.78 is 23.5. The minimum absolute atomic E-state index is 0.338. The van der Waals surface area contributed by atoms with Gasteiger partial charge in [0.2, 0.25) is 0 Å². The molecule has 0 radical (unpaired) electrons. The molecule has 0 saturated carbocycles. The molecular weight excluding hydrogens is 547 g/mol. The van der Waals surface area contributed by atoms with Gasteiger partial charge in [0, 0.05) is 21.2 Å². The van der Waals surface area contributed by atoms with Gasteiger partial charge in [-0.1, -0.05) is 59.6 Å². The van der Waals surface area contributed by atoms with Crippen molar-refractivity contribution in [1.82, 2.24) is 0 Å². The zero-order chi connectivity index (χ0) is 28.2. The molecule has 0 aromatic heterocycles. The highest BCUT2D eigenvalue weighted by Crippen LogP contribution is 2.31. The van der Waals surface area contributed by atoms with E-state index < -0.39 is 0 Å². The largest absolute Gasteiger partial charge is 0.490 e. The lowest BCUT2D eigenvalue weighted by atomic mass is 10.2. The lowest BCUT2D eigenvalue weighted by Gasteiger charge is -2.13. The molecule has 0 fully saturated rings. The zero-order valence-electron chi connectivity index (χ0n) is 22.3. The second kappa shape index (κ2) is 15.0. The van der Waals surface area contributed by atoms with Crippen LogP contribution in [0.4, 0.5) is 0 Å².